The van der Waals surface area contributed by atoms with E-state index in [0.717, 1.165) is 109 Å². The molecule has 0 aromatic rings. The zero-order valence-electron chi connectivity index (χ0n) is 48.8. The molecule has 426 valence electrons. The maximum Gasteiger partial charge on any atom is 0.306 e. The van der Waals surface area contributed by atoms with Crippen molar-refractivity contribution in [2.24, 2.45) is 0 Å². The summed E-state index contributed by atoms with van der Waals surface area (Å²) in [4.78, 5) is 38.3. The Morgan fingerprint density at radius 3 is 0.851 bits per heavy atom. The van der Waals surface area contributed by atoms with Crippen molar-refractivity contribution in [1.82, 2.24) is 0 Å². The second-order valence-electron chi connectivity index (χ2n) is 20.9. The molecule has 0 radical (unpaired) electrons. The van der Waals surface area contributed by atoms with Crippen molar-refractivity contribution in [2.45, 2.75) is 316 Å². The fourth-order valence-electron chi connectivity index (χ4n) is 8.98. The molecular formula is C68H118O6. The Hall–Kier alpha value is -3.41. The minimum atomic E-state index is -0.799. The molecule has 0 heterocycles. The van der Waals surface area contributed by atoms with Gasteiger partial charge in [0.25, 0.3) is 0 Å². The summed E-state index contributed by atoms with van der Waals surface area (Å²) < 4.78 is 16.9. The molecule has 0 aliphatic rings. The summed E-state index contributed by atoms with van der Waals surface area (Å²) in [7, 11) is 0. The number of carbonyl (C=O) groups is 3. The Balaban J connectivity index is 4.34. The highest BCUT2D eigenvalue weighted by Crippen LogP contribution is 2.17. The SMILES string of the molecule is CC/C=C\C/C=C\C/C=C\C/C=C\CCCCC(=O)OCC(COC(=O)CCCCCCCCCCCCCCCCCCCCCCCCCC)OC(=O)CCCCCCCCC/C=C\C/C=C\C/C=C\CC. The molecule has 0 rings (SSSR count). The molecular weight excluding hydrogens is 913 g/mol. The molecule has 0 aromatic carbocycles. The molecule has 1 unspecified atom stereocenters. The minimum absolute atomic E-state index is 0.0916. The van der Waals surface area contributed by atoms with E-state index in [1.54, 1.807) is 0 Å². The topological polar surface area (TPSA) is 78.9 Å². The van der Waals surface area contributed by atoms with Crippen LogP contribution >= 0.6 is 0 Å². The maximum atomic E-state index is 12.9. The van der Waals surface area contributed by atoms with Crippen LogP contribution in [-0.4, -0.2) is 37.2 Å². The summed E-state index contributed by atoms with van der Waals surface area (Å²) >= 11 is 0. The van der Waals surface area contributed by atoms with Crippen LogP contribution in [0.5, 0.6) is 0 Å². The molecule has 0 bridgehead atoms. The van der Waals surface area contributed by atoms with Crippen LogP contribution in [-0.2, 0) is 28.6 Å². The van der Waals surface area contributed by atoms with Crippen molar-refractivity contribution in [3.8, 4) is 0 Å². The lowest BCUT2D eigenvalue weighted by atomic mass is 10.0. The zero-order chi connectivity index (χ0) is 53.6. The van der Waals surface area contributed by atoms with Crippen LogP contribution in [0.1, 0.15) is 310 Å². The second-order valence-corrected chi connectivity index (χ2v) is 20.9. The molecule has 0 spiro atoms. The van der Waals surface area contributed by atoms with Gasteiger partial charge in [-0.05, 0) is 89.9 Å². The van der Waals surface area contributed by atoms with Gasteiger partial charge in [0, 0.05) is 19.3 Å². The Morgan fingerprint density at radius 2 is 0.527 bits per heavy atom. The van der Waals surface area contributed by atoms with E-state index in [-0.39, 0.29) is 31.1 Å². The van der Waals surface area contributed by atoms with Gasteiger partial charge in [-0.25, -0.2) is 0 Å². The normalized spacial score (nSPS) is 12.6. The maximum absolute atomic E-state index is 12.9. The number of rotatable bonds is 57. The van der Waals surface area contributed by atoms with E-state index in [9.17, 15) is 14.4 Å². The van der Waals surface area contributed by atoms with Crippen LogP contribution in [0.3, 0.4) is 0 Å². The number of allylic oxidation sites excluding steroid dienone is 14. The van der Waals surface area contributed by atoms with E-state index in [1.165, 1.54) is 161 Å². The van der Waals surface area contributed by atoms with Crippen molar-refractivity contribution in [1.29, 1.82) is 0 Å². The third-order valence-corrected chi connectivity index (χ3v) is 13.6. The van der Waals surface area contributed by atoms with Gasteiger partial charge in [0.2, 0.25) is 0 Å². The van der Waals surface area contributed by atoms with Crippen LogP contribution < -0.4 is 0 Å². The molecule has 0 amide bonds. The van der Waals surface area contributed by atoms with Crippen molar-refractivity contribution in [3.63, 3.8) is 0 Å². The number of hydrogen-bond donors (Lipinski definition) is 0. The Kier molecular flexibility index (Phi) is 59.3. The summed E-state index contributed by atoms with van der Waals surface area (Å²) in [5.41, 5.74) is 0. The van der Waals surface area contributed by atoms with Crippen LogP contribution in [0.2, 0.25) is 0 Å². The first-order valence-corrected chi connectivity index (χ1v) is 31.6. The van der Waals surface area contributed by atoms with E-state index in [0.29, 0.717) is 19.3 Å². The summed E-state index contributed by atoms with van der Waals surface area (Å²) in [6.07, 6.45) is 81.7. The number of unbranched alkanes of at least 4 members (excludes halogenated alkanes) is 32. The molecule has 1 atom stereocenters. The fraction of sp³-hybridized carbons (Fsp3) is 0.750. The van der Waals surface area contributed by atoms with Gasteiger partial charge in [-0.2, -0.15) is 0 Å². The Morgan fingerprint density at radius 1 is 0.284 bits per heavy atom. The number of esters is 3. The quantitative estimate of drug-likeness (QED) is 0.0261. The standard InChI is InChI=1S/C68H118O6/c1-4-7-10-13-16-19-22-25-28-30-31-32-33-34-35-36-38-40-43-46-49-52-55-58-61-67(70)73-64-65(63-72-66(69)60-57-54-51-48-45-42-39-27-24-21-18-15-12-9-6-3)74-68(71)62-59-56-53-50-47-44-41-37-29-26-23-20-17-14-11-8-5-2/h8-9,11-12,17-18,20-21,26-27,29,39,45,48,65H,4-7,10,13-16,19,22-25,28,30-38,40-44,46-47,49-64H2,1-3H3/b11-8-,12-9-,20-17-,21-18-,29-26-,39-27-,48-45-. The third kappa shape index (κ3) is 59.5. The van der Waals surface area contributed by atoms with Crippen molar-refractivity contribution in [3.05, 3.63) is 85.1 Å². The first kappa shape index (κ1) is 70.6. The average Bonchev–Trinajstić information content (AvgIpc) is 3.40. The molecule has 6 heteroatoms. The molecule has 6 nitrogen and oxygen atoms in total. The van der Waals surface area contributed by atoms with Gasteiger partial charge in [0.15, 0.2) is 6.10 Å². The molecule has 0 saturated heterocycles. The lowest BCUT2D eigenvalue weighted by Gasteiger charge is -2.18. The van der Waals surface area contributed by atoms with Gasteiger partial charge in [-0.1, -0.05) is 286 Å². The van der Waals surface area contributed by atoms with E-state index in [4.69, 9.17) is 14.2 Å². The van der Waals surface area contributed by atoms with Crippen molar-refractivity contribution >= 4 is 17.9 Å². The lowest BCUT2D eigenvalue weighted by Crippen LogP contribution is -2.30. The van der Waals surface area contributed by atoms with E-state index < -0.39 is 6.10 Å². The first-order chi connectivity index (χ1) is 36.5. The van der Waals surface area contributed by atoms with E-state index in [2.05, 4.69) is 106 Å². The average molecular weight is 1030 g/mol. The van der Waals surface area contributed by atoms with E-state index in [1.807, 2.05) is 0 Å². The third-order valence-electron chi connectivity index (χ3n) is 13.6. The molecule has 0 aromatic heterocycles. The summed E-state index contributed by atoms with van der Waals surface area (Å²) in [6.45, 7) is 6.41. The molecule has 74 heavy (non-hydrogen) atoms. The van der Waals surface area contributed by atoms with Gasteiger partial charge in [0.05, 0.1) is 0 Å². The summed E-state index contributed by atoms with van der Waals surface area (Å²) in [5.74, 6) is -0.933. The molecule has 0 aliphatic heterocycles. The fourth-order valence-corrected chi connectivity index (χ4v) is 8.98. The van der Waals surface area contributed by atoms with Crippen LogP contribution in [0, 0.1) is 0 Å². The number of hydrogen-bond acceptors (Lipinski definition) is 6. The van der Waals surface area contributed by atoms with Gasteiger partial charge < -0.3 is 14.2 Å². The van der Waals surface area contributed by atoms with Crippen molar-refractivity contribution in [2.75, 3.05) is 13.2 Å². The van der Waals surface area contributed by atoms with Gasteiger partial charge in [-0.15, -0.1) is 0 Å². The summed E-state index contributed by atoms with van der Waals surface area (Å²) in [5, 5.41) is 0. The highest BCUT2D eigenvalue weighted by Gasteiger charge is 2.19. The minimum Gasteiger partial charge on any atom is -0.462 e. The van der Waals surface area contributed by atoms with Crippen LogP contribution in [0.15, 0.2) is 85.1 Å². The van der Waals surface area contributed by atoms with Crippen LogP contribution in [0.4, 0.5) is 0 Å². The monoisotopic (exact) mass is 1030 g/mol. The molecule has 0 aliphatic carbocycles. The van der Waals surface area contributed by atoms with E-state index >= 15 is 0 Å². The molecule has 0 saturated carbocycles. The van der Waals surface area contributed by atoms with Crippen molar-refractivity contribution < 1.29 is 28.6 Å². The number of carbonyl (C=O) groups excluding carboxylic acids is 3. The van der Waals surface area contributed by atoms with Gasteiger partial charge in [-0.3, -0.25) is 14.4 Å². The van der Waals surface area contributed by atoms with Crippen LogP contribution in [0.25, 0.3) is 0 Å². The molecule has 0 N–H and O–H groups in total. The second kappa shape index (κ2) is 62.1. The highest BCUT2D eigenvalue weighted by atomic mass is 16.6. The molecule has 0 fully saturated rings. The number of ether oxygens (including phenoxy) is 3. The van der Waals surface area contributed by atoms with Gasteiger partial charge >= 0.3 is 17.9 Å². The first-order valence-electron chi connectivity index (χ1n) is 31.6. The Labute approximate surface area is 458 Å². The largest absolute Gasteiger partial charge is 0.462 e. The lowest BCUT2D eigenvalue weighted by molar-refractivity contribution is -0.167. The zero-order valence-corrected chi connectivity index (χ0v) is 48.8. The highest BCUT2D eigenvalue weighted by molar-refractivity contribution is 5.71. The smallest absolute Gasteiger partial charge is 0.306 e. The summed E-state index contributed by atoms with van der Waals surface area (Å²) in [6, 6.07) is 0. The van der Waals surface area contributed by atoms with Gasteiger partial charge in [0.1, 0.15) is 13.2 Å². The predicted molar refractivity (Wildman–Crippen MR) is 321 cm³/mol. The predicted octanol–water partition coefficient (Wildman–Crippen LogP) is 21.5. The Bertz CT molecular complexity index is 1420.